The summed E-state index contributed by atoms with van der Waals surface area (Å²) in [6.07, 6.45) is 7.13. The minimum atomic E-state index is -0.942. The number of anilines is 1. The first-order chi connectivity index (χ1) is 20.0. The molecule has 2 amide bonds. The topological polar surface area (TPSA) is 92.9 Å². The van der Waals surface area contributed by atoms with Crippen molar-refractivity contribution < 1.29 is 23.8 Å². The number of carbonyl (C=O) groups is 2. The number of ether oxygens (including phenoxy) is 3. The van der Waals surface area contributed by atoms with E-state index in [1.807, 2.05) is 54.7 Å². The van der Waals surface area contributed by atoms with Crippen molar-refractivity contribution in [3.05, 3.63) is 84.1 Å². The molecular formula is C33H37N3O5. The molecule has 4 aromatic rings. The second kappa shape index (κ2) is 12.8. The first-order valence-electron chi connectivity index (χ1n) is 14.1. The summed E-state index contributed by atoms with van der Waals surface area (Å²) < 4.78 is 16.6. The predicted octanol–water partition coefficient (Wildman–Crippen LogP) is 5.96. The molecule has 0 spiro atoms. The van der Waals surface area contributed by atoms with Crippen molar-refractivity contribution >= 4 is 28.4 Å². The standard InChI is InChI=1S/C33H37N3O5/c1-39-26-13-9-10-22(18-26)32(33(38)35-24-11-5-4-6-12-24)36(25-16-17-29(40-2)30(20-25)41-3)31(37)19-23-21-34-28-15-8-7-14-27(23)28/h7-10,13-18,20-21,24,32,34H,4-6,11-12,19H2,1-3H3,(H,35,38)/t32-/m1/s1. The molecule has 0 radical (unpaired) electrons. The fourth-order valence-electron chi connectivity index (χ4n) is 5.69. The van der Waals surface area contributed by atoms with Crippen LogP contribution in [-0.2, 0) is 16.0 Å². The van der Waals surface area contributed by atoms with E-state index in [4.69, 9.17) is 14.2 Å². The van der Waals surface area contributed by atoms with Gasteiger partial charge in [0.15, 0.2) is 11.5 Å². The minimum Gasteiger partial charge on any atom is -0.497 e. The zero-order valence-corrected chi connectivity index (χ0v) is 23.8. The van der Waals surface area contributed by atoms with E-state index in [2.05, 4.69) is 10.3 Å². The van der Waals surface area contributed by atoms with E-state index in [9.17, 15) is 9.59 Å². The van der Waals surface area contributed by atoms with Crippen LogP contribution >= 0.6 is 0 Å². The number of H-pyrrole nitrogens is 1. The monoisotopic (exact) mass is 555 g/mol. The average molecular weight is 556 g/mol. The molecule has 1 fully saturated rings. The quantitative estimate of drug-likeness (QED) is 0.252. The van der Waals surface area contributed by atoms with Gasteiger partial charge in [0, 0.05) is 34.9 Å². The summed E-state index contributed by atoms with van der Waals surface area (Å²) in [6, 6.07) is 19.6. The molecule has 0 bridgehead atoms. The number of benzene rings is 3. The maximum absolute atomic E-state index is 14.4. The van der Waals surface area contributed by atoms with Gasteiger partial charge in [0.2, 0.25) is 11.8 Å². The maximum Gasteiger partial charge on any atom is 0.248 e. The van der Waals surface area contributed by atoms with Gasteiger partial charge >= 0.3 is 0 Å². The number of rotatable bonds is 10. The van der Waals surface area contributed by atoms with Crippen LogP contribution in [0.1, 0.15) is 49.3 Å². The summed E-state index contributed by atoms with van der Waals surface area (Å²) in [5, 5.41) is 4.23. The van der Waals surface area contributed by atoms with Gasteiger partial charge in [0.1, 0.15) is 11.8 Å². The Labute approximate surface area is 240 Å². The van der Waals surface area contributed by atoms with Crippen molar-refractivity contribution in [3.63, 3.8) is 0 Å². The predicted molar refractivity (Wildman–Crippen MR) is 160 cm³/mol. The molecule has 0 saturated heterocycles. The van der Waals surface area contributed by atoms with E-state index in [0.717, 1.165) is 42.1 Å². The fraction of sp³-hybridized carbons (Fsp3) is 0.333. The minimum absolute atomic E-state index is 0.0698. The van der Waals surface area contributed by atoms with Gasteiger partial charge in [-0.25, -0.2) is 0 Å². The molecule has 3 aromatic carbocycles. The number of para-hydroxylation sites is 1. The molecule has 2 N–H and O–H groups in total. The van der Waals surface area contributed by atoms with Gasteiger partial charge in [-0.1, -0.05) is 49.6 Å². The van der Waals surface area contributed by atoms with E-state index in [0.29, 0.717) is 28.5 Å². The number of methoxy groups -OCH3 is 3. The van der Waals surface area contributed by atoms with Crippen LogP contribution < -0.4 is 24.4 Å². The summed E-state index contributed by atoms with van der Waals surface area (Å²) in [7, 11) is 4.70. The highest BCUT2D eigenvalue weighted by Crippen LogP contribution is 2.37. The second-order valence-electron chi connectivity index (χ2n) is 10.4. The van der Waals surface area contributed by atoms with E-state index >= 15 is 0 Å². The molecule has 41 heavy (non-hydrogen) atoms. The summed E-state index contributed by atoms with van der Waals surface area (Å²) in [4.78, 5) is 33.5. The van der Waals surface area contributed by atoms with Crippen LogP contribution in [0.25, 0.3) is 10.9 Å². The molecule has 1 atom stereocenters. The number of nitrogens with one attached hydrogen (secondary N) is 2. The number of carbonyl (C=O) groups excluding carboxylic acids is 2. The molecule has 214 valence electrons. The van der Waals surface area contributed by atoms with Gasteiger partial charge < -0.3 is 24.5 Å². The molecular weight excluding hydrogens is 518 g/mol. The number of aromatic amines is 1. The van der Waals surface area contributed by atoms with Crippen molar-refractivity contribution in [1.82, 2.24) is 10.3 Å². The Morgan fingerprint density at radius 3 is 2.44 bits per heavy atom. The van der Waals surface area contributed by atoms with E-state index < -0.39 is 6.04 Å². The van der Waals surface area contributed by atoms with Gasteiger partial charge in [-0.2, -0.15) is 0 Å². The third-order valence-electron chi connectivity index (χ3n) is 7.80. The second-order valence-corrected chi connectivity index (χ2v) is 10.4. The highest BCUT2D eigenvalue weighted by Gasteiger charge is 2.35. The molecule has 0 unspecified atom stereocenters. The van der Waals surface area contributed by atoms with Gasteiger partial charge in [0.05, 0.1) is 27.8 Å². The Balaban J connectivity index is 1.61. The van der Waals surface area contributed by atoms with Crippen molar-refractivity contribution in [2.24, 2.45) is 0 Å². The Kier molecular flexibility index (Phi) is 8.77. The van der Waals surface area contributed by atoms with Crippen LogP contribution in [-0.4, -0.2) is 44.2 Å². The Morgan fingerprint density at radius 1 is 0.902 bits per heavy atom. The van der Waals surface area contributed by atoms with Crippen molar-refractivity contribution in [3.8, 4) is 17.2 Å². The highest BCUT2D eigenvalue weighted by atomic mass is 16.5. The van der Waals surface area contributed by atoms with E-state index in [-0.39, 0.29) is 24.3 Å². The number of fused-ring (bicyclic) bond motifs is 1. The van der Waals surface area contributed by atoms with Gasteiger partial charge in [-0.3, -0.25) is 14.5 Å². The first kappa shape index (κ1) is 28.1. The van der Waals surface area contributed by atoms with Crippen molar-refractivity contribution in [2.75, 3.05) is 26.2 Å². The Bertz CT molecular complexity index is 1510. The SMILES string of the molecule is COc1cccc([C@H](C(=O)NC2CCCCC2)N(C(=O)Cc2c[nH]c3ccccc23)c2ccc(OC)c(OC)c2)c1. The smallest absolute Gasteiger partial charge is 0.248 e. The maximum atomic E-state index is 14.4. The molecule has 1 saturated carbocycles. The fourth-order valence-corrected chi connectivity index (χ4v) is 5.69. The van der Waals surface area contributed by atoms with Crippen molar-refractivity contribution in [2.45, 2.75) is 50.6 Å². The van der Waals surface area contributed by atoms with E-state index in [1.54, 1.807) is 44.4 Å². The summed E-state index contributed by atoms with van der Waals surface area (Å²) in [5.41, 5.74) is 2.99. The highest BCUT2D eigenvalue weighted by molar-refractivity contribution is 6.03. The number of amides is 2. The van der Waals surface area contributed by atoms with Crippen LogP contribution in [0.15, 0.2) is 72.9 Å². The largest absolute Gasteiger partial charge is 0.497 e. The molecule has 8 heteroatoms. The normalized spacial score (nSPS) is 14.3. The van der Waals surface area contributed by atoms with Crippen LogP contribution in [0.4, 0.5) is 5.69 Å². The van der Waals surface area contributed by atoms with Crippen molar-refractivity contribution in [1.29, 1.82) is 0 Å². The molecule has 0 aliphatic heterocycles. The van der Waals surface area contributed by atoms with Crippen LogP contribution in [0.3, 0.4) is 0 Å². The van der Waals surface area contributed by atoms with E-state index in [1.165, 1.54) is 6.42 Å². The Morgan fingerprint density at radius 2 is 1.68 bits per heavy atom. The number of aromatic nitrogens is 1. The zero-order chi connectivity index (χ0) is 28.8. The number of hydrogen-bond acceptors (Lipinski definition) is 5. The third kappa shape index (κ3) is 6.16. The molecule has 5 rings (SSSR count). The van der Waals surface area contributed by atoms with Gasteiger partial charge in [0.25, 0.3) is 0 Å². The lowest BCUT2D eigenvalue weighted by atomic mass is 9.94. The Hall–Kier alpha value is -4.46. The average Bonchev–Trinajstić information content (AvgIpc) is 3.42. The lowest BCUT2D eigenvalue weighted by Crippen LogP contribution is -2.47. The van der Waals surface area contributed by atoms with Gasteiger partial charge in [-0.15, -0.1) is 0 Å². The molecule has 8 nitrogen and oxygen atoms in total. The lowest BCUT2D eigenvalue weighted by molar-refractivity contribution is -0.127. The van der Waals surface area contributed by atoms with Gasteiger partial charge in [-0.05, 0) is 54.3 Å². The number of nitrogens with zero attached hydrogens (tertiary/aromatic N) is 1. The van der Waals surface area contributed by atoms with Crippen LogP contribution in [0.2, 0.25) is 0 Å². The third-order valence-corrected chi connectivity index (χ3v) is 7.80. The van der Waals surface area contributed by atoms with Crippen LogP contribution in [0.5, 0.6) is 17.2 Å². The summed E-state index contributed by atoms with van der Waals surface area (Å²) in [6.45, 7) is 0. The molecule has 1 aliphatic carbocycles. The molecule has 1 aliphatic rings. The first-order valence-corrected chi connectivity index (χ1v) is 14.1. The van der Waals surface area contributed by atoms with Crippen LogP contribution in [0, 0.1) is 0 Å². The zero-order valence-electron chi connectivity index (χ0n) is 23.8. The summed E-state index contributed by atoms with van der Waals surface area (Å²) >= 11 is 0. The summed E-state index contributed by atoms with van der Waals surface area (Å²) in [5.74, 6) is 1.15. The molecule has 1 aromatic heterocycles. The molecule has 1 heterocycles. The number of hydrogen-bond donors (Lipinski definition) is 2. The lowest BCUT2D eigenvalue weighted by Gasteiger charge is -2.34.